The molecule has 1 aliphatic carbocycles. The van der Waals surface area contributed by atoms with Crippen molar-refractivity contribution in [2.24, 2.45) is 0 Å². The van der Waals surface area contributed by atoms with Crippen LogP contribution in [0.15, 0.2) is 42.5 Å². The summed E-state index contributed by atoms with van der Waals surface area (Å²) in [7, 11) is 0. The molecule has 1 heterocycles. The summed E-state index contributed by atoms with van der Waals surface area (Å²) < 4.78 is 11.4. The minimum Gasteiger partial charge on any atom is -0.508 e. The first-order valence-corrected chi connectivity index (χ1v) is 10.1. The fraction of sp³-hybridized carbons (Fsp3) is 0.435. The molecule has 5 heteroatoms. The molecule has 148 valence electrons. The summed E-state index contributed by atoms with van der Waals surface area (Å²) in [6.45, 7) is 1.90. The molecule has 1 amide bonds. The van der Waals surface area contributed by atoms with E-state index in [-0.39, 0.29) is 18.1 Å². The van der Waals surface area contributed by atoms with Crippen molar-refractivity contribution >= 4 is 5.91 Å². The molecule has 2 N–H and O–H groups in total. The Kier molecular flexibility index (Phi) is 5.93. The smallest absolute Gasteiger partial charge is 0.252 e. The summed E-state index contributed by atoms with van der Waals surface area (Å²) in [6.07, 6.45) is 4.67. The second-order valence-electron chi connectivity index (χ2n) is 7.54. The standard InChI is InChI=1S/C23H27NO4/c25-22-10-4-7-19-20(22)8-3-9-21(19)24-23(26)18-6-2-1-5-16(18)15-28-17-11-13-27-14-12-17/h1-2,4-7,10,17,21,25H,3,8-9,11-15H2,(H,24,26)/t21-/m0/s1. The van der Waals surface area contributed by atoms with Crippen LogP contribution in [0.5, 0.6) is 5.75 Å². The van der Waals surface area contributed by atoms with Gasteiger partial charge >= 0.3 is 0 Å². The van der Waals surface area contributed by atoms with Gasteiger partial charge in [-0.25, -0.2) is 0 Å². The Morgan fingerprint density at radius 3 is 2.79 bits per heavy atom. The van der Waals surface area contributed by atoms with E-state index in [4.69, 9.17) is 9.47 Å². The summed E-state index contributed by atoms with van der Waals surface area (Å²) in [5, 5.41) is 13.3. The van der Waals surface area contributed by atoms with Gasteiger partial charge in [0.25, 0.3) is 5.91 Å². The van der Waals surface area contributed by atoms with Crippen molar-refractivity contribution in [1.29, 1.82) is 0 Å². The monoisotopic (exact) mass is 381 g/mol. The van der Waals surface area contributed by atoms with Gasteiger partial charge in [0.2, 0.25) is 0 Å². The van der Waals surface area contributed by atoms with Crippen molar-refractivity contribution in [3.8, 4) is 5.75 Å². The number of carbonyl (C=O) groups is 1. The van der Waals surface area contributed by atoms with Crippen molar-refractivity contribution in [1.82, 2.24) is 5.32 Å². The maximum Gasteiger partial charge on any atom is 0.252 e. The lowest BCUT2D eigenvalue weighted by Gasteiger charge is -2.27. The third-order valence-corrected chi connectivity index (χ3v) is 5.69. The second kappa shape index (κ2) is 8.76. The molecule has 0 radical (unpaired) electrons. The van der Waals surface area contributed by atoms with Crippen LogP contribution in [0.25, 0.3) is 0 Å². The van der Waals surface area contributed by atoms with Crippen molar-refractivity contribution in [3.05, 3.63) is 64.7 Å². The van der Waals surface area contributed by atoms with Crippen molar-refractivity contribution in [2.45, 2.75) is 50.9 Å². The highest BCUT2D eigenvalue weighted by molar-refractivity contribution is 5.96. The summed E-state index contributed by atoms with van der Waals surface area (Å²) >= 11 is 0. The molecule has 0 saturated carbocycles. The highest BCUT2D eigenvalue weighted by Gasteiger charge is 2.25. The molecule has 4 rings (SSSR count). The topological polar surface area (TPSA) is 67.8 Å². The summed E-state index contributed by atoms with van der Waals surface area (Å²) in [5.41, 5.74) is 3.53. The molecule has 1 atom stereocenters. The van der Waals surface area contributed by atoms with Crippen LogP contribution in [0.2, 0.25) is 0 Å². The number of rotatable bonds is 5. The summed E-state index contributed by atoms with van der Waals surface area (Å²) in [4.78, 5) is 13.0. The maximum absolute atomic E-state index is 13.0. The van der Waals surface area contributed by atoms with E-state index in [9.17, 15) is 9.90 Å². The Morgan fingerprint density at radius 1 is 1.11 bits per heavy atom. The van der Waals surface area contributed by atoms with Gasteiger partial charge in [0.1, 0.15) is 5.75 Å². The number of hydrogen-bond donors (Lipinski definition) is 2. The third kappa shape index (κ3) is 4.21. The van der Waals surface area contributed by atoms with Crippen LogP contribution in [0.1, 0.15) is 58.8 Å². The Hall–Kier alpha value is -2.37. The van der Waals surface area contributed by atoms with Gasteiger partial charge in [0.15, 0.2) is 0 Å². The molecule has 1 saturated heterocycles. The van der Waals surface area contributed by atoms with Crippen molar-refractivity contribution < 1.29 is 19.4 Å². The molecule has 1 aliphatic heterocycles. The molecule has 5 nitrogen and oxygen atoms in total. The van der Waals surface area contributed by atoms with Gasteiger partial charge in [-0.2, -0.15) is 0 Å². The highest BCUT2D eigenvalue weighted by Crippen LogP contribution is 2.34. The van der Waals surface area contributed by atoms with Crippen molar-refractivity contribution in [3.63, 3.8) is 0 Å². The quantitative estimate of drug-likeness (QED) is 0.824. The zero-order chi connectivity index (χ0) is 19.3. The number of phenolic OH excluding ortho intramolecular Hbond substituents is 1. The van der Waals surface area contributed by atoms with E-state index >= 15 is 0 Å². The number of phenols is 1. The van der Waals surface area contributed by atoms with Crippen LogP contribution in [-0.4, -0.2) is 30.3 Å². The number of carbonyl (C=O) groups excluding carboxylic acids is 1. The van der Waals surface area contributed by atoms with Crippen LogP contribution in [-0.2, 0) is 22.5 Å². The molecule has 28 heavy (non-hydrogen) atoms. The molecule has 2 aromatic rings. The molecule has 1 fully saturated rings. The van der Waals surface area contributed by atoms with Crippen LogP contribution in [0.4, 0.5) is 0 Å². The van der Waals surface area contributed by atoms with Gasteiger partial charge in [-0.3, -0.25) is 4.79 Å². The molecule has 0 aromatic heterocycles. The second-order valence-corrected chi connectivity index (χ2v) is 7.54. The third-order valence-electron chi connectivity index (χ3n) is 5.69. The van der Waals surface area contributed by atoms with Gasteiger partial charge < -0.3 is 19.9 Å². The van der Waals surface area contributed by atoms with Gasteiger partial charge in [-0.05, 0) is 60.9 Å². The van der Waals surface area contributed by atoms with E-state index in [0.29, 0.717) is 17.9 Å². The summed E-state index contributed by atoms with van der Waals surface area (Å²) in [5.74, 6) is 0.231. The number of ether oxygens (including phenoxy) is 2. The number of amides is 1. The number of benzene rings is 2. The molecule has 0 bridgehead atoms. The molecular formula is C23H27NO4. The maximum atomic E-state index is 13.0. The van der Waals surface area contributed by atoms with E-state index < -0.39 is 0 Å². The van der Waals surface area contributed by atoms with Gasteiger partial charge in [0, 0.05) is 18.8 Å². The zero-order valence-electron chi connectivity index (χ0n) is 16.0. The molecule has 2 aliphatic rings. The zero-order valence-corrected chi connectivity index (χ0v) is 16.0. The lowest BCUT2D eigenvalue weighted by atomic mass is 9.87. The Bertz CT molecular complexity index is 829. The normalized spacial score (nSPS) is 19.8. The van der Waals surface area contributed by atoms with Crippen LogP contribution >= 0.6 is 0 Å². The SMILES string of the molecule is O=C(N[C@H]1CCCc2c(O)cccc21)c1ccccc1COC1CCOCC1. The predicted octanol–water partition coefficient (Wildman–Crippen LogP) is 3.90. The van der Waals surface area contributed by atoms with Gasteiger partial charge in [0.05, 0.1) is 18.8 Å². The van der Waals surface area contributed by atoms with Crippen LogP contribution in [0, 0.1) is 0 Å². The van der Waals surface area contributed by atoms with E-state index in [1.54, 1.807) is 6.07 Å². The fourth-order valence-electron chi connectivity index (χ4n) is 4.13. The number of nitrogens with one attached hydrogen (secondary N) is 1. The van der Waals surface area contributed by atoms with Crippen molar-refractivity contribution in [2.75, 3.05) is 13.2 Å². The average molecular weight is 381 g/mol. The van der Waals surface area contributed by atoms with E-state index in [0.717, 1.165) is 62.0 Å². The number of aromatic hydroxyl groups is 1. The van der Waals surface area contributed by atoms with E-state index in [1.165, 1.54) is 0 Å². The van der Waals surface area contributed by atoms with E-state index in [2.05, 4.69) is 5.32 Å². The molecule has 0 unspecified atom stereocenters. The van der Waals surface area contributed by atoms with Crippen LogP contribution < -0.4 is 5.32 Å². The number of hydrogen-bond acceptors (Lipinski definition) is 4. The molecule has 0 spiro atoms. The lowest BCUT2D eigenvalue weighted by molar-refractivity contribution is -0.0392. The minimum atomic E-state index is -0.0904. The summed E-state index contributed by atoms with van der Waals surface area (Å²) in [6, 6.07) is 13.1. The largest absolute Gasteiger partial charge is 0.508 e. The van der Waals surface area contributed by atoms with Gasteiger partial charge in [-0.1, -0.05) is 30.3 Å². The predicted molar refractivity (Wildman–Crippen MR) is 106 cm³/mol. The highest BCUT2D eigenvalue weighted by atomic mass is 16.5. The van der Waals surface area contributed by atoms with E-state index in [1.807, 2.05) is 36.4 Å². The van der Waals surface area contributed by atoms with Gasteiger partial charge in [-0.15, -0.1) is 0 Å². The lowest BCUT2D eigenvalue weighted by Crippen LogP contribution is -2.32. The fourth-order valence-corrected chi connectivity index (χ4v) is 4.13. The Balaban J connectivity index is 1.46. The molecule has 2 aromatic carbocycles. The first-order chi connectivity index (χ1) is 13.7. The van der Waals surface area contributed by atoms with Crippen LogP contribution in [0.3, 0.4) is 0 Å². The Morgan fingerprint density at radius 2 is 1.93 bits per heavy atom. The number of fused-ring (bicyclic) bond motifs is 1. The first-order valence-electron chi connectivity index (χ1n) is 10.1. The first kappa shape index (κ1) is 19.0. The Labute approximate surface area is 165 Å². The minimum absolute atomic E-state index is 0.0761. The molecular weight excluding hydrogens is 354 g/mol. The average Bonchev–Trinajstić information content (AvgIpc) is 2.74.